The Hall–Kier alpha value is -0.820. The molecule has 1 aliphatic rings. The lowest BCUT2D eigenvalue weighted by Gasteiger charge is -2.06. The van der Waals surface area contributed by atoms with E-state index in [1.807, 2.05) is 6.92 Å². The number of rotatable bonds is 4. The highest BCUT2D eigenvalue weighted by molar-refractivity contribution is 5.19. The minimum atomic E-state index is 0.548. The molecule has 0 bridgehead atoms. The molecule has 0 spiro atoms. The van der Waals surface area contributed by atoms with Crippen molar-refractivity contribution in [1.29, 1.82) is 0 Å². The standard InChI is InChI=1S/C11H16O/c1-2-12-10-9-11-7-5-3-4-6-8-11/h3-8,11H,2,9-10H2,1H3. The molecule has 0 unspecified atom stereocenters. The smallest absolute Gasteiger partial charge is 0.0474 e. The van der Waals surface area contributed by atoms with E-state index in [4.69, 9.17) is 4.74 Å². The van der Waals surface area contributed by atoms with Crippen LogP contribution in [0.2, 0.25) is 0 Å². The van der Waals surface area contributed by atoms with Gasteiger partial charge >= 0.3 is 0 Å². The van der Waals surface area contributed by atoms with Crippen molar-refractivity contribution in [3.05, 3.63) is 36.5 Å². The Morgan fingerprint density at radius 1 is 1.08 bits per heavy atom. The first kappa shape index (κ1) is 9.27. The predicted octanol–water partition coefficient (Wildman–Crippen LogP) is 2.71. The fourth-order valence-electron chi connectivity index (χ4n) is 1.16. The summed E-state index contributed by atoms with van der Waals surface area (Å²) in [4.78, 5) is 0. The summed E-state index contributed by atoms with van der Waals surface area (Å²) in [5.74, 6) is 0.548. The topological polar surface area (TPSA) is 9.23 Å². The molecule has 1 heteroatoms. The summed E-state index contributed by atoms with van der Waals surface area (Å²) in [5, 5.41) is 0. The van der Waals surface area contributed by atoms with Crippen molar-refractivity contribution in [2.75, 3.05) is 13.2 Å². The second-order valence-electron chi connectivity index (χ2n) is 2.80. The van der Waals surface area contributed by atoms with Crippen LogP contribution in [0.1, 0.15) is 13.3 Å². The summed E-state index contributed by atoms with van der Waals surface area (Å²) in [6.07, 6.45) is 13.8. The van der Waals surface area contributed by atoms with Crippen LogP contribution in [0.25, 0.3) is 0 Å². The third-order valence-corrected chi connectivity index (χ3v) is 1.85. The van der Waals surface area contributed by atoms with Crippen molar-refractivity contribution in [3.8, 4) is 0 Å². The second kappa shape index (κ2) is 5.78. The minimum Gasteiger partial charge on any atom is -0.382 e. The molecule has 0 aromatic rings. The van der Waals surface area contributed by atoms with Gasteiger partial charge in [0, 0.05) is 13.2 Å². The van der Waals surface area contributed by atoms with Crippen LogP contribution in [-0.2, 0) is 4.74 Å². The van der Waals surface area contributed by atoms with Crippen LogP contribution >= 0.6 is 0 Å². The van der Waals surface area contributed by atoms with E-state index >= 15 is 0 Å². The number of hydrogen-bond donors (Lipinski definition) is 0. The molecule has 0 atom stereocenters. The SMILES string of the molecule is CCOCCC1C=CC=CC=C1. The van der Waals surface area contributed by atoms with Crippen LogP contribution in [-0.4, -0.2) is 13.2 Å². The first-order valence-corrected chi connectivity index (χ1v) is 4.53. The first-order valence-electron chi connectivity index (χ1n) is 4.53. The monoisotopic (exact) mass is 164 g/mol. The molecule has 0 N–H and O–H groups in total. The first-order chi connectivity index (χ1) is 5.93. The maximum atomic E-state index is 5.29. The van der Waals surface area contributed by atoms with Crippen LogP contribution in [0.4, 0.5) is 0 Å². The number of hydrogen-bond acceptors (Lipinski definition) is 1. The Labute approximate surface area is 74.4 Å². The highest BCUT2D eigenvalue weighted by atomic mass is 16.5. The van der Waals surface area contributed by atoms with Gasteiger partial charge in [0.2, 0.25) is 0 Å². The van der Waals surface area contributed by atoms with Gasteiger partial charge in [-0.15, -0.1) is 0 Å². The largest absolute Gasteiger partial charge is 0.382 e. The number of ether oxygens (including phenoxy) is 1. The Bertz CT molecular complexity index is 173. The normalized spacial score (nSPS) is 16.8. The van der Waals surface area contributed by atoms with E-state index in [1.165, 1.54) is 0 Å². The molecule has 0 saturated heterocycles. The van der Waals surface area contributed by atoms with E-state index in [0.717, 1.165) is 19.6 Å². The van der Waals surface area contributed by atoms with Crippen molar-refractivity contribution in [3.63, 3.8) is 0 Å². The van der Waals surface area contributed by atoms with Crippen molar-refractivity contribution < 1.29 is 4.74 Å². The lowest BCUT2D eigenvalue weighted by atomic mass is 10.1. The molecule has 0 aromatic heterocycles. The lowest BCUT2D eigenvalue weighted by Crippen LogP contribution is -2.00. The summed E-state index contributed by atoms with van der Waals surface area (Å²) in [6, 6.07) is 0. The van der Waals surface area contributed by atoms with E-state index in [9.17, 15) is 0 Å². The molecular formula is C11H16O. The zero-order valence-corrected chi connectivity index (χ0v) is 7.57. The van der Waals surface area contributed by atoms with Gasteiger partial charge in [-0.3, -0.25) is 0 Å². The quantitative estimate of drug-likeness (QED) is 0.580. The Morgan fingerprint density at radius 3 is 2.33 bits per heavy atom. The molecule has 12 heavy (non-hydrogen) atoms. The summed E-state index contributed by atoms with van der Waals surface area (Å²) in [6.45, 7) is 3.70. The van der Waals surface area contributed by atoms with Crippen LogP contribution in [0.3, 0.4) is 0 Å². The molecule has 0 fully saturated rings. The summed E-state index contributed by atoms with van der Waals surface area (Å²) < 4.78 is 5.29. The van der Waals surface area contributed by atoms with E-state index in [-0.39, 0.29) is 0 Å². The molecular weight excluding hydrogens is 148 g/mol. The van der Waals surface area contributed by atoms with Crippen LogP contribution in [0.15, 0.2) is 36.5 Å². The van der Waals surface area contributed by atoms with Gasteiger partial charge in [-0.1, -0.05) is 36.5 Å². The van der Waals surface area contributed by atoms with Gasteiger partial charge in [0.15, 0.2) is 0 Å². The molecule has 0 radical (unpaired) electrons. The summed E-state index contributed by atoms with van der Waals surface area (Å²) >= 11 is 0. The lowest BCUT2D eigenvalue weighted by molar-refractivity contribution is 0.140. The Balaban J connectivity index is 2.23. The van der Waals surface area contributed by atoms with Gasteiger partial charge in [-0.05, 0) is 19.3 Å². The van der Waals surface area contributed by atoms with Crippen LogP contribution < -0.4 is 0 Å². The van der Waals surface area contributed by atoms with Crippen molar-refractivity contribution in [2.24, 2.45) is 5.92 Å². The Kier molecular flexibility index (Phi) is 4.47. The van der Waals surface area contributed by atoms with Gasteiger partial charge in [-0.25, -0.2) is 0 Å². The fourth-order valence-corrected chi connectivity index (χ4v) is 1.16. The van der Waals surface area contributed by atoms with Gasteiger partial charge in [0.1, 0.15) is 0 Å². The highest BCUT2D eigenvalue weighted by Crippen LogP contribution is 2.10. The van der Waals surface area contributed by atoms with Crippen LogP contribution in [0, 0.1) is 5.92 Å². The number of allylic oxidation sites excluding steroid dienone is 6. The van der Waals surface area contributed by atoms with Gasteiger partial charge in [0.25, 0.3) is 0 Å². The van der Waals surface area contributed by atoms with E-state index in [1.54, 1.807) is 0 Å². The van der Waals surface area contributed by atoms with E-state index in [2.05, 4.69) is 36.5 Å². The molecule has 1 aliphatic carbocycles. The van der Waals surface area contributed by atoms with Gasteiger partial charge in [0.05, 0.1) is 0 Å². The third kappa shape index (κ3) is 3.54. The molecule has 66 valence electrons. The molecule has 0 heterocycles. The highest BCUT2D eigenvalue weighted by Gasteiger charge is 1.99. The predicted molar refractivity (Wildman–Crippen MR) is 52.0 cm³/mol. The average Bonchev–Trinajstić information content (AvgIpc) is 2.33. The van der Waals surface area contributed by atoms with Gasteiger partial charge < -0.3 is 4.74 Å². The van der Waals surface area contributed by atoms with Crippen molar-refractivity contribution in [1.82, 2.24) is 0 Å². The maximum absolute atomic E-state index is 5.29. The summed E-state index contributed by atoms with van der Waals surface area (Å²) in [7, 11) is 0. The van der Waals surface area contributed by atoms with E-state index < -0.39 is 0 Å². The summed E-state index contributed by atoms with van der Waals surface area (Å²) in [5.41, 5.74) is 0. The maximum Gasteiger partial charge on any atom is 0.0474 e. The molecule has 0 saturated carbocycles. The third-order valence-electron chi connectivity index (χ3n) is 1.85. The zero-order valence-electron chi connectivity index (χ0n) is 7.57. The molecule has 0 aromatic carbocycles. The van der Waals surface area contributed by atoms with Crippen molar-refractivity contribution >= 4 is 0 Å². The molecule has 0 amide bonds. The Morgan fingerprint density at radius 2 is 1.75 bits per heavy atom. The fraction of sp³-hybridized carbons (Fsp3) is 0.455. The van der Waals surface area contributed by atoms with Crippen LogP contribution in [0.5, 0.6) is 0 Å². The molecule has 0 aliphatic heterocycles. The minimum absolute atomic E-state index is 0.548. The second-order valence-corrected chi connectivity index (χ2v) is 2.80. The van der Waals surface area contributed by atoms with Gasteiger partial charge in [-0.2, -0.15) is 0 Å². The zero-order chi connectivity index (χ0) is 8.65. The average molecular weight is 164 g/mol. The van der Waals surface area contributed by atoms with E-state index in [0.29, 0.717) is 5.92 Å². The van der Waals surface area contributed by atoms with Crippen molar-refractivity contribution in [2.45, 2.75) is 13.3 Å². The molecule has 1 nitrogen and oxygen atoms in total. The molecule has 1 rings (SSSR count).